The van der Waals surface area contributed by atoms with E-state index in [4.69, 9.17) is 10.5 Å². The van der Waals surface area contributed by atoms with Crippen LogP contribution in [0.3, 0.4) is 0 Å². The van der Waals surface area contributed by atoms with Gasteiger partial charge in [0.25, 0.3) is 5.91 Å². The molecule has 0 saturated carbocycles. The van der Waals surface area contributed by atoms with Crippen molar-refractivity contribution in [1.29, 1.82) is 0 Å². The van der Waals surface area contributed by atoms with E-state index in [0.717, 1.165) is 0 Å². The molecule has 1 aromatic heterocycles. The number of nitrogens with two attached hydrogens (primary N) is 1. The number of esters is 1. The highest BCUT2D eigenvalue weighted by Gasteiger charge is 2.22. The van der Waals surface area contributed by atoms with Crippen LogP contribution < -0.4 is 11.1 Å². The number of carbonyl (C=O) groups is 3. The van der Waals surface area contributed by atoms with Crippen molar-refractivity contribution in [3.05, 3.63) is 59.9 Å². The summed E-state index contributed by atoms with van der Waals surface area (Å²) >= 11 is 0. The molecule has 0 aliphatic carbocycles. The van der Waals surface area contributed by atoms with E-state index in [1.54, 1.807) is 69.6 Å². The molecule has 0 spiro atoms. The van der Waals surface area contributed by atoms with E-state index in [-0.39, 0.29) is 12.3 Å². The molecule has 1 heterocycles. The summed E-state index contributed by atoms with van der Waals surface area (Å²) in [4.78, 5) is 39.4. The predicted molar refractivity (Wildman–Crippen MR) is 103 cm³/mol. The summed E-state index contributed by atoms with van der Waals surface area (Å²) in [5.74, 6) is -1.07. The lowest BCUT2D eigenvalue weighted by molar-refractivity contribution is -0.141. The van der Waals surface area contributed by atoms with Crippen molar-refractivity contribution in [3.8, 4) is 0 Å². The summed E-state index contributed by atoms with van der Waals surface area (Å²) in [6.45, 7) is 4.99. The maximum absolute atomic E-state index is 12.2. The number of nitrogens with one attached hydrogen (secondary N) is 1. The first-order chi connectivity index (χ1) is 13.1. The number of hydrogen-bond acceptors (Lipinski definition) is 7. The summed E-state index contributed by atoms with van der Waals surface area (Å²) < 4.78 is 9.51. The number of nitrogens with zero attached hydrogens (tertiary/aromatic N) is 1. The SMILES string of the molecule is CC(C)(C)OC(=O)OC(=O)CC(N)c1ccc(C(=O)Nc2ccncc2)cc1. The molecule has 1 atom stereocenters. The Hall–Kier alpha value is -3.26. The monoisotopic (exact) mass is 385 g/mol. The summed E-state index contributed by atoms with van der Waals surface area (Å²) in [5.41, 5.74) is 6.92. The maximum Gasteiger partial charge on any atom is 0.516 e. The first-order valence-corrected chi connectivity index (χ1v) is 8.64. The molecule has 0 aliphatic rings. The minimum absolute atomic E-state index is 0.207. The molecule has 3 N–H and O–H groups in total. The van der Waals surface area contributed by atoms with Crippen LogP contribution in [0, 0.1) is 0 Å². The number of benzene rings is 1. The van der Waals surface area contributed by atoms with Crippen molar-refractivity contribution in [2.24, 2.45) is 5.73 Å². The summed E-state index contributed by atoms with van der Waals surface area (Å²) in [5, 5.41) is 2.74. The molecular formula is C20H23N3O5. The fourth-order valence-electron chi connectivity index (χ4n) is 2.22. The predicted octanol–water partition coefficient (Wildman–Crippen LogP) is 3.20. The molecule has 0 fully saturated rings. The number of anilines is 1. The zero-order valence-electron chi connectivity index (χ0n) is 16.0. The average Bonchev–Trinajstić information content (AvgIpc) is 2.60. The topological polar surface area (TPSA) is 121 Å². The smallest absolute Gasteiger partial charge is 0.428 e. The number of pyridine rings is 1. The highest BCUT2D eigenvalue weighted by atomic mass is 16.7. The van der Waals surface area contributed by atoms with E-state index in [1.165, 1.54) is 0 Å². The van der Waals surface area contributed by atoms with Crippen LogP contribution in [-0.2, 0) is 14.3 Å². The Labute approximate surface area is 163 Å². The molecule has 2 rings (SSSR count). The molecule has 0 bridgehead atoms. The largest absolute Gasteiger partial charge is 0.516 e. The van der Waals surface area contributed by atoms with Gasteiger partial charge in [-0.25, -0.2) is 4.79 Å². The molecule has 1 aromatic carbocycles. The Morgan fingerprint density at radius 1 is 1.07 bits per heavy atom. The third-order valence-corrected chi connectivity index (χ3v) is 3.51. The van der Waals surface area contributed by atoms with Gasteiger partial charge < -0.3 is 20.5 Å². The fraction of sp³-hybridized carbons (Fsp3) is 0.300. The van der Waals surface area contributed by atoms with E-state index < -0.39 is 23.8 Å². The van der Waals surface area contributed by atoms with Crippen LogP contribution in [0.2, 0.25) is 0 Å². The second-order valence-corrected chi connectivity index (χ2v) is 7.06. The molecule has 0 radical (unpaired) electrons. The summed E-state index contributed by atoms with van der Waals surface area (Å²) in [6, 6.07) is 9.17. The Balaban J connectivity index is 1.90. The molecule has 0 aliphatic heterocycles. The van der Waals surface area contributed by atoms with Crippen LogP contribution in [-0.4, -0.2) is 28.6 Å². The van der Waals surface area contributed by atoms with Crippen LogP contribution >= 0.6 is 0 Å². The molecule has 8 heteroatoms. The molecule has 0 saturated heterocycles. The van der Waals surface area contributed by atoms with Crippen molar-refractivity contribution in [2.45, 2.75) is 38.8 Å². The van der Waals surface area contributed by atoms with Crippen molar-refractivity contribution in [2.75, 3.05) is 5.32 Å². The molecule has 1 amide bonds. The van der Waals surface area contributed by atoms with Gasteiger partial charge in [-0.15, -0.1) is 0 Å². The number of hydrogen-bond donors (Lipinski definition) is 2. The van der Waals surface area contributed by atoms with Gasteiger partial charge in [0.15, 0.2) is 0 Å². The van der Waals surface area contributed by atoms with E-state index in [1.807, 2.05) is 0 Å². The molecule has 148 valence electrons. The number of ether oxygens (including phenoxy) is 2. The van der Waals surface area contributed by atoms with Crippen molar-refractivity contribution in [3.63, 3.8) is 0 Å². The maximum atomic E-state index is 12.2. The molecule has 28 heavy (non-hydrogen) atoms. The van der Waals surface area contributed by atoms with Crippen molar-refractivity contribution >= 4 is 23.7 Å². The fourth-order valence-corrected chi connectivity index (χ4v) is 2.22. The summed E-state index contributed by atoms with van der Waals surface area (Å²) in [6.07, 6.45) is 1.89. The molecule has 1 unspecified atom stereocenters. The number of aromatic nitrogens is 1. The second-order valence-electron chi connectivity index (χ2n) is 7.06. The summed E-state index contributed by atoms with van der Waals surface area (Å²) in [7, 11) is 0. The Morgan fingerprint density at radius 3 is 2.25 bits per heavy atom. The lowest BCUT2D eigenvalue weighted by atomic mass is 10.0. The zero-order valence-corrected chi connectivity index (χ0v) is 16.0. The van der Waals surface area contributed by atoms with Gasteiger partial charge in [0, 0.05) is 29.7 Å². The number of rotatable bonds is 5. The van der Waals surface area contributed by atoms with E-state index in [9.17, 15) is 14.4 Å². The van der Waals surface area contributed by atoms with E-state index in [0.29, 0.717) is 16.8 Å². The van der Waals surface area contributed by atoms with E-state index in [2.05, 4.69) is 15.0 Å². The highest BCUT2D eigenvalue weighted by Crippen LogP contribution is 2.17. The third kappa shape index (κ3) is 6.81. The zero-order chi connectivity index (χ0) is 20.7. The van der Waals surface area contributed by atoms with Gasteiger partial charge in [0.2, 0.25) is 0 Å². The lowest BCUT2D eigenvalue weighted by Crippen LogP contribution is -2.27. The lowest BCUT2D eigenvalue weighted by Gasteiger charge is -2.18. The number of carbonyl (C=O) groups excluding carboxylic acids is 3. The minimum atomic E-state index is -1.06. The molecular weight excluding hydrogens is 362 g/mol. The molecule has 8 nitrogen and oxygen atoms in total. The van der Waals surface area contributed by atoms with Gasteiger partial charge >= 0.3 is 12.1 Å². The quantitative estimate of drug-likeness (QED) is 0.599. The van der Waals surface area contributed by atoms with Gasteiger partial charge in [-0.3, -0.25) is 14.6 Å². The minimum Gasteiger partial charge on any atom is -0.428 e. The third-order valence-electron chi connectivity index (χ3n) is 3.51. The van der Waals surface area contributed by atoms with Crippen LogP contribution in [0.15, 0.2) is 48.8 Å². The van der Waals surface area contributed by atoms with Gasteiger partial charge in [-0.1, -0.05) is 12.1 Å². The van der Waals surface area contributed by atoms with Crippen LogP contribution in [0.5, 0.6) is 0 Å². The standard InChI is InChI=1S/C20H23N3O5/c1-20(2,3)28-19(26)27-17(24)12-16(21)13-4-6-14(7-5-13)18(25)23-15-8-10-22-11-9-15/h4-11,16H,12,21H2,1-3H3,(H,22,23,25). The van der Waals surface area contributed by atoms with Gasteiger partial charge in [0.1, 0.15) is 5.60 Å². The molecule has 2 aromatic rings. The van der Waals surface area contributed by atoms with Gasteiger partial charge in [-0.2, -0.15) is 0 Å². The first kappa shape index (κ1) is 21.0. The van der Waals surface area contributed by atoms with Crippen molar-refractivity contribution in [1.82, 2.24) is 4.98 Å². The average molecular weight is 385 g/mol. The normalized spacial score (nSPS) is 12.0. The second kappa shape index (κ2) is 9.09. The van der Waals surface area contributed by atoms with E-state index >= 15 is 0 Å². The Morgan fingerprint density at radius 2 is 1.68 bits per heavy atom. The Kier molecular flexibility index (Phi) is 6.84. The highest BCUT2D eigenvalue weighted by molar-refractivity contribution is 6.04. The van der Waals surface area contributed by atoms with Crippen LogP contribution in [0.1, 0.15) is 49.2 Å². The van der Waals surface area contributed by atoms with Gasteiger partial charge in [-0.05, 0) is 50.6 Å². The van der Waals surface area contributed by atoms with Crippen LogP contribution in [0.4, 0.5) is 10.5 Å². The van der Waals surface area contributed by atoms with Gasteiger partial charge in [0.05, 0.1) is 6.42 Å². The Bertz CT molecular complexity index is 829. The first-order valence-electron chi connectivity index (χ1n) is 8.64. The van der Waals surface area contributed by atoms with Crippen LogP contribution in [0.25, 0.3) is 0 Å². The van der Waals surface area contributed by atoms with Crippen molar-refractivity contribution < 1.29 is 23.9 Å². The number of amides is 1.